The highest BCUT2D eigenvalue weighted by Crippen LogP contribution is 2.25. The van der Waals surface area contributed by atoms with Crippen molar-refractivity contribution in [3.8, 4) is 0 Å². The number of carbonyl (C=O) groups excluding carboxylic acids is 1. The number of carbonyl (C=O) groups is 1. The van der Waals surface area contributed by atoms with Crippen LogP contribution in [0.25, 0.3) is 16.6 Å². The molecule has 0 unspecified atom stereocenters. The van der Waals surface area contributed by atoms with E-state index in [1.54, 1.807) is 11.4 Å². The number of rotatable bonds is 4. The molecule has 1 amide bonds. The van der Waals surface area contributed by atoms with Crippen LogP contribution in [0.1, 0.15) is 5.82 Å². The zero-order valence-electron chi connectivity index (χ0n) is 14.1. The molecule has 0 fully saturated rings. The van der Waals surface area contributed by atoms with E-state index in [9.17, 15) is 9.18 Å². The number of aryl methyl sites for hydroxylation is 1. The van der Waals surface area contributed by atoms with Crippen molar-refractivity contribution >= 4 is 51.5 Å². The molecule has 0 bridgehead atoms. The highest BCUT2D eigenvalue weighted by atomic mass is 35.5. The maximum absolute atomic E-state index is 13.1. The average Bonchev–Trinajstić information content (AvgIpc) is 3.04. The molecular formula is C18H13ClFN5OS. The minimum absolute atomic E-state index is 0.0903. The number of nitrogens with zero attached hydrogens (tertiary/aromatic N) is 4. The molecule has 2 heterocycles. The van der Waals surface area contributed by atoms with Gasteiger partial charge in [0.05, 0.1) is 22.0 Å². The quantitative estimate of drug-likeness (QED) is 0.411. The summed E-state index contributed by atoms with van der Waals surface area (Å²) in [5.41, 5.74) is 1.83. The molecule has 0 saturated heterocycles. The molecule has 4 aromatic rings. The van der Waals surface area contributed by atoms with E-state index >= 15 is 0 Å². The standard InChI is InChI=1S/C18H13ClFN5OS/c1-10-21-17-12-4-2-3-5-14(12)23-18(25(17)24-10)27-9-16(26)22-15-7-6-11(20)8-13(15)19/h2-8H,9H2,1H3,(H,22,26). The van der Waals surface area contributed by atoms with Crippen LogP contribution in [0.15, 0.2) is 47.6 Å². The average molecular weight is 402 g/mol. The molecule has 0 aliphatic rings. The van der Waals surface area contributed by atoms with Gasteiger partial charge < -0.3 is 5.32 Å². The lowest BCUT2D eigenvalue weighted by atomic mass is 10.2. The van der Waals surface area contributed by atoms with E-state index < -0.39 is 5.82 Å². The van der Waals surface area contributed by atoms with Gasteiger partial charge in [0.25, 0.3) is 0 Å². The first-order valence-corrected chi connectivity index (χ1v) is 9.37. The van der Waals surface area contributed by atoms with Crippen molar-refractivity contribution in [1.29, 1.82) is 0 Å². The molecule has 2 aromatic heterocycles. The maximum Gasteiger partial charge on any atom is 0.234 e. The first-order chi connectivity index (χ1) is 13.0. The van der Waals surface area contributed by atoms with Crippen LogP contribution < -0.4 is 5.32 Å². The lowest BCUT2D eigenvalue weighted by molar-refractivity contribution is -0.113. The lowest BCUT2D eigenvalue weighted by Gasteiger charge is -2.08. The Morgan fingerprint density at radius 2 is 2.07 bits per heavy atom. The number of amides is 1. The fraction of sp³-hybridized carbons (Fsp3) is 0.111. The molecular weight excluding hydrogens is 389 g/mol. The molecule has 4 rings (SSSR count). The Kier molecular flexibility index (Phi) is 4.67. The number of halogens is 2. The number of nitrogens with one attached hydrogen (secondary N) is 1. The van der Waals surface area contributed by atoms with Gasteiger partial charge in [-0.2, -0.15) is 4.52 Å². The number of hydrogen-bond acceptors (Lipinski definition) is 5. The van der Waals surface area contributed by atoms with Crippen LogP contribution in [0.4, 0.5) is 10.1 Å². The van der Waals surface area contributed by atoms with E-state index in [4.69, 9.17) is 11.6 Å². The number of para-hydroxylation sites is 1. The van der Waals surface area contributed by atoms with E-state index in [1.165, 1.54) is 23.9 Å². The van der Waals surface area contributed by atoms with Gasteiger partial charge in [-0.15, -0.1) is 5.10 Å². The largest absolute Gasteiger partial charge is 0.324 e. The molecule has 0 aliphatic carbocycles. The molecule has 136 valence electrons. The number of thioether (sulfide) groups is 1. The third kappa shape index (κ3) is 3.58. The van der Waals surface area contributed by atoms with E-state index in [0.717, 1.165) is 17.0 Å². The zero-order valence-corrected chi connectivity index (χ0v) is 15.7. The highest BCUT2D eigenvalue weighted by Gasteiger charge is 2.14. The van der Waals surface area contributed by atoms with Gasteiger partial charge in [0.15, 0.2) is 10.8 Å². The van der Waals surface area contributed by atoms with E-state index in [2.05, 4.69) is 20.4 Å². The normalized spacial score (nSPS) is 11.2. The summed E-state index contributed by atoms with van der Waals surface area (Å²) in [5.74, 6) is -0.0322. The molecule has 6 nitrogen and oxygen atoms in total. The second-order valence-corrected chi connectivity index (χ2v) is 7.12. The Bertz CT molecular complexity index is 1180. The summed E-state index contributed by atoms with van der Waals surface area (Å²) in [4.78, 5) is 21.3. The molecule has 0 radical (unpaired) electrons. The number of aromatic nitrogens is 4. The van der Waals surface area contributed by atoms with E-state index in [1.807, 2.05) is 24.3 Å². The van der Waals surface area contributed by atoms with Crippen LogP contribution in [0, 0.1) is 12.7 Å². The third-order valence-electron chi connectivity index (χ3n) is 3.79. The van der Waals surface area contributed by atoms with Crippen molar-refractivity contribution in [3.05, 3.63) is 59.1 Å². The van der Waals surface area contributed by atoms with Crippen LogP contribution in [0.2, 0.25) is 5.02 Å². The summed E-state index contributed by atoms with van der Waals surface area (Å²) < 4.78 is 14.7. The maximum atomic E-state index is 13.1. The van der Waals surface area contributed by atoms with Crippen LogP contribution >= 0.6 is 23.4 Å². The minimum Gasteiger partial charge on any atom is -0.324 e. The van der Waals surface area contributed by atoms with Crippen molar-refractivity contribution in [2.75, 3.05) is 11.1 Å². The Balaban J connectivity index is 1.58. The van der Waals surface area contributed by atoms with Gasteiger partial charge in [-0.1, -0.05) is 35.5 Å². The summed E-state index contributed by atoms with van der Waals surface area (Å²) in [6.45, 7) is 1.81. The molecule has 0 spiro atoms. The van der Waals surface area contributed by atoms with Gasteiger partial charge in [0.1, 0.15) is 11.6 Å². The smallest absolute Gasteiger partial charge is 0.234 e. The summed E-state index contributed by atoms with van der Waals surface area (Å²) in [6.07, 6.45) is 0. The second kappa shape index (κ2) is 7.13. The molecule has 0 atom stereocenters. The topological polar surface area (TPSA) is 72.2 Å². The first-order valence-electron chi connectivity index (χ1n) is 8.01. The Morgan fingerprint density at radius 1 is 1.26 bits per heavy atom. The molecule has 0 saturated carbocycles. The number of fused-ring (bicyclic) bond motifs is 3. The predicted molar refractivity (Wildman–Crippen MR) is 104 cm³/mol. The van der Waals surface area contributed by atoms with Crippen LogP contribution in [0.3, 0.4) is 0 Å². The predicted octanol–water partition coefficient (Wildman–Crippen LogP) is 4.11. The summed E-state index contributed by atoms with van der Waals surface area (Å²) in [6, 6.07) is 11.4. The van der Waals surface area contributed by atoms with E-state index in [-0.39, 0.29) is 16.7 Å². The van der Waals surface area contributed by atoms with Gasteiger partial charge in [0.2, 0.25) is 5.91 Å². The Morgan fingerprint density at radius 3 is 2.89 bits per heavy atom. The van der Waals surface area contributed by atoms with E-state index in [0.29, 0.717) is 22.3 Å². The van der Waals surface area contributed by atoms with Crippen molar-refractivity contribution < 1.29 is 9.18 Å². The first kappa shape index (κ1) is 17.7. The Labute approximate surface area is 162 Å². The summed E-state index contributed by atoms with van der Waals surface area (Å²) in [5, 5.41) is 8.64. The summed E-state index contributed by atoms with van der Waals surface area (Å²) in [7, 11) is 0. The van der Waals surface area contributed by atoms with Crippen molar-refractivity contribution in [1.82, 2.24) is 19.6 Å². The van der Waals surface area contributed by atoms with Gasteiger partial charge in [-0.3, -0.25) is 4.79 Å². The number of hydrogen-bond donors (Lipinski definition) is 1. The second-order valence-electron chi connectivity index (χ2n) is 5.77. The van der Waals surface area contributed by atoms with Gasteiger partial charge in [-0.05, 0) is 37.3 Å². The monoisotopic (exact) mass is 401 g/mol. The molecule has 9 heteroatoms. The fourth-order valence-electron chi connectivity index (χ4n) is 2.63. The Hall–Kier alpha value is -2.71. The highest BCUT2D eigenvalue weighted by molar-refractivity contribution is 7.99. The van der Waals surface area contributed by atoms with Crippen molar-refractivity contribution in [3.63, 3.8) is 0 Å². The van der Waals surface area contributed by atoms with Crippen molar-refractivity contribution in [2.24, 2.45) is 0 Å². The van der Waals surface area contributed by atoms with Gasteiger partial charge in [-0.25, -0.2) is 14.4 Å². The van der Waals surface area contributed by atoms with Crippen LogP contribution in [0.5, 0.6) is 0 Å². The molecule has 1 N–H and O–H groups in total. The number of anilines is 1. The van der Waals surface area contributed by atoms with Crippen LogP contribution in [-0.4, -0.2) is 31.2 Å². The van der Waals surface area contributed by atoms with Crippen molar-refractivity contribution in [2.45, 2.75) is 12.1 Å². The SMILES string of the molecule is Cc1nc2c3ccccc3nc(SCC(=O)Nc3ccc(F)cc3Cl)n2n1. The zero-order chi connectivity index (χ0) is 19.0. The summed E-state index contributed by atoms with van der Waals surface area (Å²) >= 11 is 7.18. The third-order valence-corrected chi connectivity index (χ3v) is 5.03. The minimum atomic E-state index is -0.461. The van der Waals surface area contributed by atoms with Gasteiger partial charge in [0, 0.05) is 5.39 Å². The fourth-order valence-corrected chi connectivity index (χ4v) is 3.59. The van der Waals surface area contributed by atoms with Gasteiger partial charge >= 0.3 is 0 Å². The lowest BCUT2D eigenvalue weighted by Crippen LogP contribution is -2.15. The molecule has 27 heavy (non-hydrogen) atoms. The van der Waals surface area contributed by atoms with Crippen LogP contribution in [-0.2, 0) is 4.79 Å². The number of benzene rings is 2. The molecule has 0 aliphatic heterocycles. The molecule has 2 aromatic carbocycles.